The molecule has 1 rings (SSSR count). The SMILES string of the molecule is COCCn1ncc(Br)c1C(O)C(C)(C)O. The predicted octanol–water partition coefficient (Wildman–Crippen LogP) is 1.10. The van der Waals surface area contributed by atoms with E-state index < -0.39 is 11.7 Å². The van der Waals surface area contributed by atoms with Crippen molar-refractivity contribution in [1.82, 2.24) is 9.78 Å². The average Bonchev–Trinajstić information content (AvgIpc) is 2.54. The highest BCUT2D eigenvalue weighted by Gasteiger charge is 2.30. The maximum absolute atomic E-state index is 10.0. The lowest BCUT2D eigenvalue weighted by molar-refractivity contribution is -0.0545. The van der Waals surface area contributed by atoms with Gasteiger partial charge in [-0.1, -0.05) is 0 Å². The van der Waals surface area contributed by atoms with Gasteiger partial charge in [-0.2, -0.15) is 5.10 Å². The highest BCUT2D eigenvalue weighted by molar-refractivity contribution is 9.10. The van der Waals surface area contributed by atoms with Gasteiger partial charge in [0.2, 0.25) is 0 Å². The lowest BCUT2D eigenvalue weighted by Crippen LogP contribution is -2.31. The van der Waals surface area contributed by atoms with E-state index in [1.54, 1.807) is 31.8 Å². The number of aliphatic hydroxyl groups is 2. The van der Waals surface area contributed by atoms with E-state index in [1.807, 2.05) is 0 Å². The van der Waals surface area contributed by atoms with Crippen molar-refractivity contribution in [2.75, 3.05) is 13.7 Å². The van der Waals surface area contributed by atoms with Crippen LogP contribution in [0, 0.1) is 0 Å². The van der Waals surface area contributed by atoms with Gasteiger partial charge in [-0.3, -0.25) is 4.68 Å². The number of halogens is 1. The van der Waals surface area contributed by atoms with E-state index in [0.29, 0.717) is 23.3 Å². The minimum absolute atomic E-state index is 0.500. The molecular weight excluding hydrogens is 276 g/mol. The van der Waals surface area contributed by atoms with E-state index >= 15 is 0 Å². The Morgan fingerprint density at radius 1 is 1.62 bits per heavy atom. The first-order chi connectivity index (χ1) is 7.38. The molecule has 1 atom stereocenters. The van der Waals surface area contributed by atoms with Crippen molar-refractivity contribution >= 4 is 15.9 Å². The van der Waals surface area contributed by atoms with Gasteiger partial charge >= 0.3 is 0 Å². The molecule has 0 fully saturated rings. The molecule has 0 amide bonds. The summed E-state index contributed by atoms with van der Waals surface area (Å²) in [7, 11) is 1.60. The second kappa shape index (κ2) is 5.27. The first-order valence-electron chi connectivity index (χ1n) is 4.98. The minimum atomic E-state index is -1.21. The van der Waals surface area contributed by atoms with Crippen LogP contribution in [0.2, 0.25) is 0 Å². The van der Waals surface area contributed by atoms with Crippen LogP contribution in [-0.4, -0.2) is 39.3 Å². The molecular formula is C10H17BrN2O3. The molecule has 0 aromatic carbocycles. The molecule has 0 aliphatic rings. The van der Waals surface area contributed by atoms with Crippen LogP contribution >= 0.6 is 15.9 Å². The summed E-state index contributed by atoms with van der Waals surface area (Å²) in [5, 5.41) is 23.9. The van der Waals surface area contributed by atoms with Crippen LogP contribution in [0.1, 0.15) is 25.6 Å². The van der Waals surface area contributed by atoms with Crippen molar-refractivity contribution in [1.29, 1.82) is 0 Å². The van der Waals surface area contributed by atoms with Crippen molar-refractivity contribution < 1.29 is 14.9 Å². The maximum Gasteiger partial charge on any atom is 0.125 e. The van der Waals surface area contributed by atoms with E-state index in [4.69, 9.17) is 4.74 Å². The number of methoxy groups -OCH3 is 1. The summed E-state index contributed by atoms with van der Waals surface area (Å²) >= 11 is 3.31. The molecule has 16 heavy (non-hydrogen) atoms. The van der Waals surface area contributed by atoms with E-state index in [-0.39, 0.29) is 0 Å². The average molecular weight is 293 g/mol. The van der Waals surface area contributed by atoms with Gasteiger partial charge in [0.25, 0.3) is 0 Å². The quantitative estimate of drug-likeness (QED) is 0.853. The molecule has 0 spiro atoms. The summed E-state index contributed by atoms with van der Waals surface area (Å²) in [5.41, 5.74) is -0.655. The molecule has 1 unspecified atom stereocenters. The number of ether oxygens (including phenoxy) is 1. The zero-order chi connectivity index (χ0) is 12.3. The van der Waals surface area contributed by atoms with Crippen LogP contribution in [0.25, 0.3) is 0 Å². The first kappa shape index (κ1) is 13.6. The zero-order valence-corrected chi connectivity index (χ0v) is 11.2. The fourth-order valence-electron chi connectivity index (χ4n) is 1.33. The summed E-state index contributed by atoms with van der Waals surface area (Å²) < 4.78 is 7.26. The van der Waals surface area contributed by atoms with E-state index in [0.717, 1.165) is 0 Å². The molecule has 1 aromatic heterocycles. The molecule has 2 N–H and O–H groups in total. The van der Waals surface area contributed by atoms with Crippen LogP contribution in [0.4, 0.5) is 0 Å². The number of hydrogen-bond donors (Lipinski definition) is 2. The van der Waals surface area contributed by atoms with E-state index in [9.17, 15) is 10.2 Å². The summed E-state index contributed by atoms with van der Waals surface area (Å²) in [6.07, 6.45) is 0.598. The number of aromatic nitrogens is 2. The Labute approximate surface area is 103 Å². The van der Waals surface area contributed by atoms with Crippen LogP contribution in [0.3, 0.4) is 0 Å². The summed E-state index contributed by atoms with van der Waals surface area (Å²) in [4.78, 5) is 0. The molecule has 0 radical (unpaired) electrons. The normalized spacial score (nSPS) is 14.1. The van der Waals surface area contributed by atoms with Gasteiger partial charge in [0.1, 0.15) is 6.10 Å². The van der Waals surface area contributed by atoms with Gasteiger partial charge in [0.05, 0.1) is 35.1 Å². The first-order valence-corrected chi connectivity index (χ1v) is 5.77. The minimum Gasteiger partial charge on any atom is -0.387 e. The van der Waals surface area contributed by atoms with Crippen LogP contribution < -0.4 is 0 Å². The van der Waals surface area contributed by atoms with E-state index in [1.165, 1.54) is 0 Å². The third-order valence-corrected chi connectivity index (χ3v) is 2.88. The fourth-order valence-corrected chi connectivity index (χ4v) is 1.85. The standard InChI is InChI=1S/C10H17BrN2O3/c1-10(2,15)9(14)8-7(11)6-12-13(8)4-5-16-3/h6,9,14-15H,4-5H2,1-3H3. The highest BCUT2D eigenvalue weighted by Crippen LogP contribution is 2.30. The molecule has 0 saturated carbocycles. The number of nitrogens with zero attached hydrogens (tertiary/aromatic N) is 2. The number of rotatable bonds is 5. The lowest BCUT2D eigenvalue weighted by Gasteiger charge is -2.25. The van der Waals surface area contributed by atoms with Crippen molar-refractivity contribution in [2.45, 2.75) is 32.1 Å². The molecule has 92 valence electrons. The fraction of sp³-hybridized carbons (Fsp3) is 0.700. The number of hydrogen-bond acceptors (Lipinski definition) is 4. The molecule has 6 heteroatoms. The third-order valence-electron chi connectivity index (χ3n) is 2.27. The molecule has 0 saturated heterocycles. The third kappa shape index (κ3) is 3.04. The van der Waals surface area contributed by atoms with Crippen LogP contribution in [0.15, 0.2) is 10.7 Å². The van der Waals surface area contributed by atoms with Gasteiger partial charge in [-0.05, 0) is 29.8 Å². The van der Waals surface area contributed by atoms with Crippen molar-refractivity contribution in [3.8, 4) is 0 Å². The Hall–Kier alpha value is -0.430. The molecule has 5 nitrogen and oxygen atoms in total. The topological polar surface area (TPSA) is 67.5 Å². The number of aliphatic hydroxyl groups excluding tert-OH is 1. The summed E-state index contributed by atoms with van der Waals surface area (Å²) in [6.45, 7) is 4.14. The second-order valence-electron chi connectivity index (χ2n) is 4.15. The molecule has 1 heterocycles. The van der Waals surface area contributed by atoms with Crippen molar-refractivity contribution in [2.24, 2.45) is 0 Å². The lowest BCUT2D eigenvalue weighted by atomic mass is 9.99. The van der Waals surface area contributed by atoms with Gasteiger partial charge in [0.15, 0.2) is 0 Å². The Balaban J connectivity index is 2.97. The monoisotopic (exact) mass is 292 g/mol. The van der Waals surface area contributed by atoms with Gasteiger partial charge in [-0.15, -0.1) is 0 Å². The molecule has 0 aliphatic heterocycles. The molecule has 0 bridgehead atoms. The largest absolute Gasteiger partial charge is 0.387 e. The highest BCUT2D eigenvalue weighted by atomic mass is 79.9. The summed E-state index contributed by atoms with van der Waals surface area (Å²) in [5.74, 6) is 0. The molecule has 0 aliphatic carbocycles. The van der Waals surface area contributed by atoms with Crippen LogP contribution in [0.5, 0.6) is 0 Å². The zero-order valence-electron chi connectivity index (χ0n) is 9.64. The Bertz CT molecular complexity index is 346. The van der Waals surface area contributed by atoms with Crippen molar-refractivity contribution in [3.63, 3.8) is 0 Å². The van der Waals surface area contributed by atoms with E-state index in [2.05, 4.69) is 21.0 Å². The summed E-state index contributed by atoms with van der Waals surface area (Å²) in [6, 6.07) is 0. The van der Waals surface area contributed by atoms with Gasteiger partial charge < -0.3 is 14.9 Å². The Morgan fingerprint density at radius 2 is 2.25 bits per heavy atom. The van der Waals surface area contributed by atoms with Gasteiger partial charge in [-0.25, -0.2) is 0 Å². The van der Waals surface area contributed by atoms with Crippen LogP contribution in [-0.2, 0) is 11.3 Å². The second-order valence-corrected chi connectivity index (χ2v) is 5.00. The Kier molecular flexibility index (Phi) is 4.49. The predicted molar refractivity (Wildman–Crippen MR) is 63.1 cm³/mol. The molecule has 1 aromatic rings. The smallest absolute Gasteiger partial charge is 0.125 e. The van der Waals surface area contributed by atoms with Crippen molar-refractivity contribution in [3.05, 3.63) is 16.4 Å². The maximum atomic E-state index is 10.0. The van der Waals surface area contributed by atoms with Gasteiger partial charge in [0, 0.05) is 7.11 Å². The Morgan fingerprint density at radius 3 is 2.75 bits per heavy atom.